The van der Waals surface area contributed by atoms with Gasteiger partial charge in [0, 0.05) is 6.54 Å². The van der Waals surface area contributed by atoms with Crippen molar-refractivity contribution in [1.29, 1.82) is 0 Å². The zero-order valence-corrected chi connectivity index (χ0v) is 19.4. The number of nitrogens with zero attached hydrogens (tertiary/aromatic N) is 1. The highest BCUT2D eigenvalue weighted by molar-refractivity contribution is 7.91. The summed E-state index contributed by atoms with van der Waals surface area (Å²) < 4.78 is 25.3. The normalized spacial score (nSPS) is 16.0. The van der Waals surface area contributed by atoms with Gasteiger partial charge in [0.1, 0.15) is 11.9 Å². The summed E-state index contributed by atoms with van der Waals surface area (Å²) in [5.41, 5.74) is 3.29. The molecule has 1 fully saturated rings. The quantitative estimate of drug-likeness (QED) is 0.392. The molecule has 0 spiro atoms. The number of hydrogen-bond donors (Lipinski definition) is 1. The fourth-order valence-corrected chi connectivity index (χ4v) is 5.67. The first kappa shape index (κ1) is 24.0. The Hall–Kier alpha value is -2.67. The van der Waals surface area contributed by atoms with Crippen molar-refractivity contribution in [1.82, 2.24) is 10.2 Å². The number of unbranched alkanes of at least 4 members (excludes halogenated alkanes) is 3. The molecule has 1 unspecified atom stereocenters. The summed E-state index contributed by atoms with van der Waals surface area (Å²) in [5, 5.41) is 1.90. The van der Waals surface area contributed by atoms with E-state index >= 15 is 0 Å². The Labute approximate surface area is 190 Å². The molecular weight excluding hydrogens is 424 g/mol. The van der Waals surface area contributed by atoms with Gasteiger partial charge in [0.25, 0.3) is 0 Å². The Kier molecular flexibility index (Phi) is 8.45. The molecule has 32 heavy (non-hydrogen) atoms. The van der Waals surface area contributed by atoms with Crippen molar-refractivity contribution < 1.29 is 18.0 Å². The number of β-lactam (4-membered cyclic amide) rings is 1. The van der Waals surface area contributed by atoms with Crippen LogP contribution in [0.2, 0.25) is 0 Å². The highest BCUT2D eigenvalue weighted by Gasteiger charge is 2.45. The Balaban J connectivity index is 1.33. The lowest BCUT2D eigenvalue weighted by Gasteiger charge is -2.39. The molecule has 0 saturated carbocycles. The van der Waals surface area contributed by atoms with E-state index in [9.17, 15) is 18.0 Å². The predicted molar refractivity (Wildman–Crippen MR) is 126 cm³/mol. The number of carbonyl (C=O) groups is 2. The molecule has 6 nitrogen and oxygen atoms in total. The van der Waals surface area contributed by atoms with E-state index in [1.807, 2.05) is 6.07 Å². The van der Waals surface area contributed by atoms with Gasteiger partial charge in [-0.1, -0.05) is 73.0 Å². The first-order chi connectivity index (χ1) is 15.3. The van der Waals surface area contributed by atoms with Crippen LogP contribution >= 0.6 is 0 Å². The van der Waals surface area contributed by atoms with E-state index in [1.165, 1.54) is 16.0 Å². The van der Waals surface area contributed by atoms with Crippen molar-refractivity contribution in [2.24, 2.45) is 0 Å². The highest BCUT2D eigenvalue weighted by Crippen LogP contribution is 2.26. The Morgan fingerprint density at radius 3 is 2.34 bits per heavy atom. The van der Waals surface area contributed by atoms with Crippen LogP contribution in [0.4, 0.5) is 0 Å². The highest BCUT2D eigenvalue weighted by atomic mass is 32.2. The monoisotopic (exact) mass is 456 g/mol. The number of aryl methyl sites for hydroxylation is 2. The molecule has 7 heteroatoms. The summed E-state index contributed by atoms with van der Waals surface area (Å²) in [6.07, 6.45) is 5.09. The molecule has 172 valence electrons. The van der Waals surface area contributed by atoms with E-state index in [2.05, 4.69) is 36.5 Å². The maximum atomic E-state index is 12.7. The summed E-state index contributed by atoms with van der Waals surface area (Å²) in [6.45, 7) is 2.41. The first-order valence-electron chi connectivity index (χ1n) is 11.2. The van der Waals surface area contributed by atoms with E-state index in [1.54, 1.807) is 24.3 Å². The SMILES string of the molecule is Cc1ccc(CCCCCCNC(=O)CN2C(=O)CC2S(=O)(=O)Cc2ccccc2)cc1. The van der Waals surface area contributed by atoms with Crippen molar-refractivity contribution in [2.75, 3.05) is 13.1 Å². The minimum atomic E-state index is -3.54. The third-order valence-corrected chi connectivity index (χ3v) is 7.78. The molecule has 0 aliphatic carbocycles. The molecule has 1 aliphatic heterocycles. The van der Waals surface area contributed by atoms with Crippen LogP contribution in [0.25, 0.3) is 0 Å². The molecule has 1 atom stereocenters. The van der Waals surface area contributed by atoms with Gasteiger partial charge in [-0.15, -0.1) is 0 Å². The van der Waals surface area contributed by atoms with Crippen LogP contribution < -0.4 is 5.32 Å². The van der Waals surface area contributed by atoms with Gasteiger partial charge in [0.15, 0.2) is 9.84 Å². The minimum Gasteiger partial charge on any atom is -0.355 e. The average Bonchev–Trinajstić information content (AvgIpc) is 2.76. The number of rotatable bonds is 12. The smallest absolute Gasteiger partial charge is 0.239 e. The van der Waals surface area contributed by atoms with Gasteiger partial charge in [-0.25, -0.2) is 8.42 Å². The zero-order chi connectivity index (χ0) is 23.0. The van der Waals surface area contributed by atoms with Crippen LogP contribution in [0.3, 0.4) is 0 Å². The lowest BCUT2D eigenvalue weighted by atomic mass is 10.0. The van der Waals surface area contributed by atoms with E-state index in [0.717, 1.165) is 32.1 Å². The standard InChI is InChI=1S/C25H32N2O4S/c1-20-12-14-21(15-13-20)9-5-2-3-8-16-26-23(28)18-27-24(29)17-25(27)32(30,31)19-22-10-6-4-7-11-22/h4,6-7,10-15,25H,2-3,5,8-9,16-19H2,1H3,(H,26,28). The van der Waals surface area contributed by atoms with Gasteiger partial charge >= 0.3 is 0 Å². The van der Waals surface area contributed by atoms with Crippen LogP contribution in [-0.4, -0.2) is 43.6 Å². The molecule has 1 heterocycles. The maximum absolute atomic E-state index is 12.7. The summed E-state index contributed by atoms with van der Waals surface area (Å²) in [5.74, 6) is -0.734. The molecule has 0 bridgehead atoms. The summed E-state index contributed by atoms with van der Waals surface area (Å²) in [7, 11) is -3.54. The Bertz CT molecular complexity index is 1000. The number of benzene rings is 2. The van der Waals surface area contributed by atoms with Crippen LogP contribution in [0.1, 0.15) is 48.8 Å². The van der Waals surface area contributed by atoms with E-state index in [4.69, 9.17) is 0 Å². The topological polar surface area (TPSA) is 83.6 Å². The summed E-state index contributed by atoms with van der Waals surface area (Å²) in [6, 6.07) is 17.5. The molecule has 2 amide bonds. The number of amides is 2. The number of sulfone groups is 1. The summed E-state index contributed by atoms with van der Waals surface area (Å²) in [4.78, 5) is 25.3. The fourth-order valence-electron chi connectivity index (χ4n) is 3.84. The second kappa shape index (κ2) is 11.3. The van der Waals surface area contributed by atoms with Crippen molar-refractivity contribution in [3.8, 4) is 0 Å². The molecule has 1 N–H and O–H groups in total. The van der Waals surface area contributed by atoms with Gasteiger partial charge < -0.3 is 10.2 Å². The molecule has 0 aromatic heterocycles. The zero-order valence-electron chi connectivity index (χ0n) is 18.6. The van der Waals surface area contributed by atoms with Gasteiger partial charge in [-0.2, -0.15) is 0 Å². The molecule has 1 saturated heterocycles. The molecule has 0 radical (unpaired) electrons. The molecule has 3 rings (SSSR count). The molecular formula is C25H32N2O4S. The van der Waals surface area contributed by atoms with E-state index in [0.29, 0.717) is 12.1 Å². The molecule has 2 aromatic rings. The number of carbonyl (C=O) groups excluding carboxylic acids is 2. The van der Waals surface area contributed by atoms with Crippen LogP contribution in [0.5, 0.6) is 0 Å². The second-order valence-electron chi connectivity index (χ2n) is 8.47. The number of likely N-dealkylation sites (tertiary alicyclic amines) is 1. The van der Waals surface area contributed by atoms with Crippen LogP contribution in [0.15, 0.2) is 54.6 Å². The van der Waals surface area contributed by atoms with Gasteiger partial charge in [-0.05, 0) is 37.3 Å². The predicted octanol–water partition coefficient (Wildman–Crippen LogP) is 3.39. The largest absolute Gasteiger partial charge is 0.355 e. The molecule has 2 aromatic carbocycles. The van der Waals surface area contributed by atoms with E-state index in [-0.39, 0.29) is 30.5 Å². The third kappa shape index (κ3) is 6.92. The second-order valence-corrected chi connectivity index (χ2v) is 10.6. The van der Waals surface area contributed by atoms with Gasteiger partial charge in [-0.3, -0.25) is 9.59 Å². The van der Waals surface area contributed by atoms with Gasteiger partial charge in [0.2, 0.25) is 11.8 Å². The van der Waals surface area contributed by atoms with Crippen molar-refractivity contribution in [3.05, 3.63) is 71.3 Å². The van der Waals surface area contributed by atoms with Crippen molar-refractivity contribution >= 4 is 21.7 Å². The lowest BCUT2D eigenvalue weighted by molar-refractivity contribution is -0.145. The Morgan fingerprint density at radius 1 is 0.969 bits per heavy atom. The fraction of sp³-hybridized carbons (Fsp3) is 0.440. The Morgan fingerprint density at radius 2 is 1.66 bits per heavy atom. The van der Waals surface area contributed by atoms with E-state index < -0.39 is 15.2 Å². The van der Waals surface area contributed by atoms with Crippen LogP contribution in [-0.2, 0) is 31.6 Å². The maximum Gasteiger partial charge on any atom is 0.239 e. The first-order valence-corrected chi connectivity index (χ1v) is 12.9. The van der Waals surface area contributed by atoms with Crippen LogP contribution in [0, 0.1) is 6.92 Å². The summed E-state index contributed by atoms with van der Waals surface area (Å²) >= 11 is 0. The third-order valence-electron chi connectivity index (χ3n) is 5.79. The van der Waals surface area contributed by atoms with Crippen molar-refractivity contribution in [3.63, 3.8) is 0 Å². The van der Waals surface area contributed by atoms with Gasteiger partial charge in [0.05, 0.1) is 12.2 Å². The number of hydrogen-bond acceptors (Lipinski definition) is 4. The lowest BCUT2D eigenvalue weighted by Crippen LogP contribution is -2.59. The minimum absolute atomic E-state index is 0.0522. The average molecular weight is 457 g/mol. The van der Waals surface area contributed by atoms with Crippen molar-refractivity contribution in [2.45, 2.75) is 56.6 Å². The molecule has 1 aliphatic rings. The number of nitrogens with one attached hydrogen (secondary N) is 1.